The van der Waals surface area contributed by atoms with Crippen molar-refractivity contribution in [2.45, 2.75) is 6.92 Å². The van der Waals surface area contributed by atoms with Crippen molar-refractivity contribution >= 4 is 22.6 Å². The van der Waals surface area contributed by atoms with Crippen LogP contribution in [0.3, 0.4) is 0 Å². The molecule has 1 heterocycles. The van der Waals surface area contributed by atoms with Gasteiger partial charge in [-0.15, -0.1) is 0 Å². The zero-order valence-electron chi connectivity index (χ0n) is 10.9. The molecule has 1 aromatic carbocycles. The van der Waals surface area contributed by atoms with Crippen molar-refractivity contribution in [2.24, 2.45) is 0 Å². The molecule has 18 heavy (non-hydrogen) atoms. The van der Waals surface area contributed by atoms with Crippen LogP contribution in [0.15, 0.2) is 30.3 Å². The van der Waals surface area contributed by atoms with Crippen molar-refractivity contribution in [1.82, 2.24) is 9.88 Å². The molecule has 4 nitrogen and oxygen atoms in total. The largest absolute Gasteiger partial charge is 0.373 e. The molecule has 2 rings (SSSR count). The summed E-state index contributed by atoms with van der Waals surface area (Å²) in [4.78, 5) is 18.5. The summed E-state index contributed by atoms with van der Waals surface area (Å²) in [5.74, 6) is 0.731. The number of anilines is 1. The van der Waals surface area contributed by atoms with Crippen molar-refractivity contribution < 1.29 is 4.79 Å². The molecule has 0 fully saturated rings. The second-order valence-corrected chi connectivity index (χ2v) is 4.14. The quantitative estimate of drug-likeness (QED) is 0.900. The van der Waals surface area contributed by atoms with Crippen molar-refractivity contribution in [3.05, 3.63) is 35.9 Å². The van der Waals surface area contributed by atoms with Crippen LogP contribution in [-0.4, -0.2) is 36.4 Å². The molecule has 2 aromatic rings. The molecule has 94 valence electrons. The number of fused-ring (bicyclic) bond motifs is 1. The summed E-state index contributed by atoms with van der Waals surface area (Å²) in [7, 11) is 3.60. The Balaban J connectivity index is 2.64. The van der Waals surface area contributed by atoms with Gasteiger partial charge in [0, 0.05) is 26.0 Å². The Hall–Kier alpha value is -2.10. The number of hydrogen-bond acceptors (Lipinski definition) is 3. The number of aromatic nitrogens is 1. The minimum Gasteiger partial charge on any atom is -0.373 e. The predicted molar refractivity (Wildman–Crippen MR) is 73.9 cm³/mol. The van der Waals surface area contributed by atoms with Gasteiger partial charge in [-0.3, -0.25) is 4.79 Å². The Bertz CT molecular complexity index is 580. The lowest BCUT2D eigenvalue weighted by Crippen LogP contribution is -2.26. The second-order valence-electron chi connectivity index (χ2n) is 4.14. The lowest BCUT2D eigenvalue weighted by molar-refractivity contribution is 0.0804. The first-order valence-electron chi connectivity index (χ1n) is 6.00. The van der Waals surface area contributed by atoms with Gasteiger partial charge in [-0.25, -0.2) is 4.98 Å². The Morgan fingerprint density at radius 3 is 2.78 bits per heavy atom. The highest BCUT2D eigenvalue weighted by Crippen LogP contribution is 2.21. The highest BCUT2D eigenvalue weighted by molar-refractivity contribution is 6.06. The molecule has 0 aliphatic heterocycles. The summed E-state index contributed by atoms with van der Waals surface area (Å²) >= 11 is 0. The van der Waals surface area contributed by atoms with E-state index in [9.17, 15) is 4.79 Å². The SMILES string of the molecule is CCN(C)C(=O)c1cc(NC)nc2ccccc12. The number of para-hydroxylation sites is 1. The predicted octanol–water partition coefficient (Wildman–Crippen LogP) is 2.37. The minimum absolute atomic E-state index is 0.0209. The minimum atomic E-state index is 0.0209. The van der Waals surface area contributed by atoms with Gasteiger partial charge in [-0.2, -0.15) is 0 Å². The smallest absolute Gasteiger partial charge is 0.254 e. The van der Waals surface area contributed by atoms with Crippen molar-refractivity contribution in [2.75, 3.05) is 26.0 Å². The van der Waals surface area contributed by atoms with Crippen LogP contribution in [0.5, 0.6) is 0 Å². The third kappa shape index (κ3) is 2.14. The molecular weight excluding hydrogens is 226 g/mol. The molecule has 0 radical (unpaired) electrons. The van der Waals surface area contributed by atoms with E-state index in [0.29, 0.717) is 17.9 Å². The maximum atomic E-state index is 12.3. The highest BCUT2D eigenvalue weighted by Gasteiger charge is 2.15. The fourth-order valence-corrected chi connectivity index (χ4v) is 1.83. The number of benzene rings is 1. The van der Waals surface area contributed by atoms with E-state index in [4.69, 9.17) is 0 Å². The van der Waals surface area contributed by atoms with E-state index >= 15 is 0 Å². The Morgan fingerprint density at radius 2 is 2.11 bits per heavy atom. The van der Waals surface area contributed by atoms with E-state index in [0.717, 1.165) is 10.9 Å². The van der Waals surface area contributed by atoms with Gasteiger partial charge in [0.1, 0.15) is 5.82 Å². The van der Waals surface area contributed by atoms with Crippen LogP contribution in [0.1, 0.15) is 17.3 Å². The average Bonchev–Trinajstić information content (AvgIpc) is 2.44. The van der Waals surface area contributed by atoms with E-state index in [2.05, 4.69) is 10.3 Å². The van der Waals surface area contributed by atoms with Crippen LogP contribution in [0.25, 0.3) is 10.9 Å². The first-order valence-corrected chi connectivity index (χ1v) is 6.00. The molecule has 4 heteroatoms. The molecule has 0 aliphatic carbocycles. The Kier molecular flexibility index (Phi) is 3.46. The van der Waals surface area contributed by atoms with Crippen LogP contribution in [-0.2, 0) is 0 Å². The number of rotatable bonds is 3. The number of carbonyl (C=O) groups excluding carboxylic acids is 1. The zero-order chi connectivity index (χ0) is 13.1. The fourth-order valence-electron chi connectivity index (χ4n) is 1.83. The maximum Gasteiger partial charge on any atom is 0.254 e. The van der Waals surface area contributed by atoms with E-state index in [1.54, 1.807) is 25.1 Å². The Labute approximate surface area is 107 Å². The maximum absolute atomic E-state index is 12.3. The van der Waals surface area contributed by atoms with Gasteiger partial charge in [0.15, 0.2) is 0 Å². The molecule has 1 aromatic heterocycles. The number of nitrogens with zero attached hydrogens (tertiary/aromatic N) is 2. The molecule has 0 aliphatic rings. The number of nitrogens with one attached hydrogen (secondary N) is 1. The van der Waals surface area contributed by atoms with Gasteiger partial charge in [-0.1, -0.05) is 18.2 Å². The first kappa shape index (κ1) is 12.4. The van der Waals surface area contributed by atoms with Gasteiger partial charge in [-0.05, 0) is 19.1 Å². The van der Waals surface area contributed by atoms with E-state index in [1.807, 2.05) is 31.2 Å². The number of amides is 1. The van der Waals surface area contributed by atoms with Crippen LogP contribution < -0.4 is 5.32 Å². The highest BCUT2D eigenvalue weighted by atomic mass is 16.2. The van der Waals surface area contributed by atoms with Crippen LogP contribution >= 0.6 is 0 Å². The summed E-state index contributed by atoms with van der Waals surface area (Å²) in [6.45, 7) is 2.64. The molecule has 0 bridgehead atoms. The number of pyridine rings is 1. The van der Waals surface area contributed by atoms with Gasteiger partial charge in [0.05, 0.1) is 11.1 Å². The standard InChI is InChI=1S/C14H17N3O/c1-4-17(3)14(18)11-9-13(15-2)16-12-8-6-5-7-10(11)12/h5-9H,4H2,1-3H3,(H,15,16). The van der Waals surface area contributed by atoms with Crippen LogP contribution in [0, 0.1) is 0 Å². The van der Waals surface area contributed by atoms with E-state index < -0.39 is 0 Å². The third-order valence-corrected chi connectivity index (χ3v) is 3.02. The molecule has 1 N–H and O–H groups in total. The lowest BCUT2D eigenvalue weighted by Gasteiger charge is -2.16. The van der Waals surface area contributed by atoms with Gasteiger partial charge < -0.3 is 10.2 Å². The van der Waals surface area contributed by atoms with Gasteiger partial charge >= 0.3 is 0 Å². The normalized spacial score (nSPS) is 10.4. The molecule has 1 amide bonds. The van der Waals surface area contributed by atoms with Crippen molar-refractivity contribution in [3.8, 4) is 0 Å². The lowest BCUT2D eigenvalue weighted by atomic mass is 10.1. The molecule has 0 saturated heterocycles. The Morgan fingerprint density at radius 1 is 1.39 bits per heavy atom. The molecule has 0 atom stereocenters. The molecule has 0 spiro atoms. The number of carbonyl (C=O) groups is 1. The van der Waals surface area contributed by atoms with E-state index in [1.165, 1.54) is 0 Å². The molecule has 0 unspecified atom stereocenters. The summed E-state index contributed by atoms with van der Waals surface area (Å²) in [5, 5.41) is 3.88. The monoisotopic (exact) mass is 243 g/mol. The average molecular weight is 243 g/mol. The summed E-state index contributed by atoms with van der Waals surface area (Å²) in [5.41, 5.74) is 1.52. The molecule has 0 saturated carbocycles. The third-order valence-electron chi connectivity index (χ3n) is 3.02. The zero-order valence-corrected chi connectivity index (χ0v) is 10.9. The number of hydrogen-bond donors (Lipinski definition) is 1. The summed E-state index contributed by atoms with van der Waals surface area (Å²) in [6, 6.07) is 9.49. The second kappa shape index (κ2) is 5.04. The topological polar surface area (TPSA) is 45.2 Å². The van der Waals surface area contributed by atoms with Gasteiger partial charge in [0.2, 0.25) is 0 Å². The van der Waals surface area contributed by atoms with Gasteiger partial charge in [0.25, 0.3) is 5.91 Å². The van der Waals surface area contributed by atoms with E-state index in [-0.39, 0.29) is 5.91 Å². The summed E-state index contributed by atoms with van der Waals surface area (Å²) in [6.07, 6.45) is 0. The van der Waals surface area contributed by atoms with Crippen molar-refractivity contribution in [1.29, 1.82) is 0 Å². The van der Waals surface area contributed by atoms with Crippen LogP contribution in [0.4, 0.5) is 5.82 Å². The fraction of sp³-hybridized carbons (Fsp3) is 0.286. The summed E-state index contributed by atoms with van der Waals surface area (Å²) < 4.78 is 0. The van der Waals surface area contributed by atoms with Crippen LogP contribution in [0.2, 0.25) is 0 Å². The van der Waals surface area contributed by atoms with Crippen molar-refractivity contribution in [3.63, 3.8) is 0 Å². The first-order chi connectivity index (χ1) is 8.67. The molecular formula is C14H17N3O.